The van der Waals surface area contributed by atoms with Gasteiger partial charge >= 0.3 is 0 Å². The molecule has 0 radical (unpaired) electrons. The van der Waals surface area contributed by atoms with Crippen LogP contribution in [0.5, 0.6) is 0 Å². The number of carbonyl (C=O) groups excluding carboxylic acids is 2. The molecule has 1 aromatic rings. The number of amides is 2. The summed E-state index contributed by atoms with van der Waals surface area (Å²) in [6.45, 7) is 7.04. The van der Waals surface area contributed by atoms with Gasteiger partial charge in [0, 0.05) is 33.2 Å². The predicted molar refractivity (Wildman–Crippen MR) is 86.2 cm³/mol. The zero-order valence-electron chi connectivity index (χ0n) is 14.0. The van der Waals surface area contributed by atoms with E-state index >= 15 is 0 Å². The minimum Gasteiger partial charge on any atom is -0.382 e. The molecule has 6 heteroatoms. The first-order valence-electron chi connectivity index (χ1n) is 7.82. The maximum atomic E-state index is 12.9. The van der Waals surface area contributed by atoms with Crippen molar-refractivity contribution in [3.05, 3.63) is 35.6 Å². The lowest BCUT2D eigenvalue weighted by Gasteiger charge is -2.27. The fraction of sp³-hybridized carbons (Fsp3) is 0.529. The Morgan fingerprint density at radius 1 is 1.30 bits per heavy atom. The van der Waals surface area contributed by atoms with Gasteiger partial charge in [-0.2, -0.15) is 0 Å². The fourth-order valence-corrected chi connectivity index (χ4v) is 2.13. The van der Waals surface area contributed by atoms with Crippen LogP contribution in [0.25, 0.3) is 0 Å². The monoisotopic (exact) mass is 324 g/mol. The highest BCUT2D eigenvalue weighted by Gasteiger charge is 2.23. The Hall–Kier alpha value is -1.95. The molecule has 0 bridgehead atoms. The molecule has 0 saturated heterocycles. The van der Waals surface area contributed by atoms with Gasteiger partial charge in [-0.05, 0) is 38.0 Å². The van der Waals surface area contributed by atoms with Gasteiger partial charge in [0.25, 0.3) is 0 Å². The van der Waals surface area contributed by atoms with Crippen molar-refractivity contribution in [2.24, 2.45) is 0 Å². The van der Waals surface area contributed by atoms with E-state index in [1.165, 1.54) is 24.0 Å². The maximum absolute atomic E-state index is 12.9. The Bertz CT molecular complexity index is 505. The van der Waals surface area contributed by atoms with Crippen molar-refractivity contribution < 1.29 is 18.7 Å². The Morgan fingerprint density at radius 2 is 1.96 bits per heavy atom. The SMILES string of the molecule is CCOCCCNC(=O)[C@H](C)N(Cc1ccc(F)cc1)C(C)=O. The van der Waals surface area contributed by atoms with Crippen molar-refractivity contribution in [3.63, 3.8) is 0 Å². The Kier molecular flexibility index (Phi) is 8.26. The average molecular weight is 324 g/mol. The normalized spacial score (nSPS) is 11.8. The molecule has 128 valence electrons. The van der Waals surface area contributed by atoms with Gasteiger partial charge in [0.1, 0.15) is 11.9 Å². The van der Waals surface area contributed by atoms with Crippen LogP contribution in [0.2, 0.25) is 0 Å². The number of carbonyl (C=O) groups is 2. The lowest BCUT2D eigenvalue weighted by molar-refractivity contribution is -0.139. The lowest BCUT2D eigenvalue weighted by atomic mass is 10.1. The summed E-state index contributed by atoms with van der Waals surface area (Å²) in [6.07, 6.45) is 0.727. The molecule has 2 amide bonds. The van der Waals surface area contributed by atoms with Gasteiger partial charge in [-0.25, -0.2) is 4.39 Å². The van der Waals surface area contributed by atoms with E-state index in [0.29, 0.717) is 19.8 Å². The topological polar surface area (TPSA) is 58.6 Å². The second kappa shape index (κ2) is 9.94. The number of nitrogens with one attached hydrogen (secondary N) is 1. The van der Waals surface area contributed by atoms with Gasteiger partial charge in [-0.3, -0.25) is 9.59 Å². The summed E-state index contributed by atoms with van der Waals surface area (Å²) in [5.41, 5.74) is 0.776. The molecule has 5 nitrogen and oxygen atoms in total. The average Bonchev–Trinajstić information content (AvgIpc) is 2.53. The summed E-state index contributed by atoms with van der Waals surface area (Å²) in [6, 6.07) is 5.30. The van der Waals surface area contributed by atoms with Crippen LogP contribution in [0.4, 0.5) is 4.39 Å². The summed E-state index contributed by atoms with van der Waals surface area (Å²) in [7, 11) is 0. The van der Waals surface area contributed by atoms with E-state index < -0.39 is 6.04 Å². The number of nitrogens with zero attached hydrogens (tertiary/aromatic N) is 1. The molecule has 0 aromatic heterocycles. The van der Waals surface area contributed by atoms with Crippen LogP contribution in [0, 0.1) is 5.82 Å². The third-order valence-electron chi connectivity index (χ3n) is 3.49. The number of ether oxygens (including phenoxy) is 1. The smallest absolute Gasteiger partial charge is 0.242 e. The van der Waals surface area contributed by atoms with Crippen LogP contribution in [0.15, 0.2) is 24.3 Å². The van der Waals surface area contributed by atoms with Crippen LogP contribution < -0.4 is 5.32 Å². The minimum absolute atomic E-state index is 0.203. The Balaban J connectivity index is 2.56. The largest absolute Gasteiger partial charge is 0.382 e. The number of rotatable bonds is 9. The number of hydrogen-bond acceptors (Lipinski definition) is 3. The van der Waals surface area contributed by atoms with E-state index in [2.05, 4.69) is 5.32 Å². The first-order chi connectivity index (χ1) is 11.0. The van der Waals surface area contributed by atoms with Crippen LogP contribution in [-0.2, 0) is 20.9 Å². The van der Waals surface area contributed by atoms with Crippen molar-refractivity contribution in [1.29, 1.82) is 0 Å². The van der Waals surface area contributed by atoms with Gasteiger partial charge in [0.05, 0.1) is 0 Å². The molecule has 1 N–H and O–H groups in total. The van der Waals surface area contributed by atoms with Gasteiger partial charge in [-0.15, -0.1) is 0 Å². The fourth-order valence-electron chi connectivity index (χ4n) is 2.13. The second-order valence-electron chi connectivity index (χ2n) is 5.29. The molecule has 0 aliphatic carbocycles. The molecule has 0 aliphatic heterocycles. The highest BCUT2D eigenvalue weighted by Crippen LogP contribution is 2.10. The van der Waals surface area contributed by atoms with Crippen molar-refractivity contribution in [3.8, 4) is 0 Å². The molecule has 0 aliphatic rings. The number of halogens is 1. The van der Waals surface area contributed by atoms with Crippen molar-refractivity contribution in [1.82, 2.24) is 10.2 Å². The maximum Gasteiger partial charge on any atom is 0.242 e. The van der Waals surface area contributed by atoms with E-state index in [9.17, 15) is 14.0 Å². The van der Waals surface area contributed by atoms with Crippen LogP contribution in [0.3, 0.4) is 0 Å². The van der Waals surface area contributed by atoms with Crippen molar-refractivity contribution >= 4 is 11.8 Å². The zero-order chi connectivity index (χ0) is 17.2. The summed E-state index contributed by atoms with van der Waals surface area (Å²) >= 11 is 0. The Morgan fingerprint density at radius 3 is 2.52 bits per heavy atom. The van der Waals surface area contributed by atoms with E-state index in [1.807, 2.05) is 6.92 Å². The molecule has 0 saturated carbocycles. The quantitative estimate of drug-likeness (QED) is 0.708. The molecule has 0 heterocycles. The third kappa shape index (κ3) is 6.78. The number of benzene rings is 1. The highest BCUT2D eigenvalue weighted by atomic mass is 19.1. The van der Waals surface area contributed by atoms with Crippen LogP contribution in [-0.4, -0.2) is 42.5 Å². The Labute approximate surface area is 136 Å². The van der Waals surface area contributed by atoms with Crippen molar-refractivity contribution in [2.75, 3.05) is 19.8 Å². The first-order valence-corrected chi connectivity index (χ1v) is 7.82. The van der Waals surface area contributed by atoms with Gasteiger partial charge in [0.2, 0.25) is 11.8 Å². The van der Waals surface area contributed by atoms with E-state index in [-0.39, 0.29) is 24.2 Å². The molecule has 1 atom stereocenters. The van der Waals surface area contributed by atoms with E-state index in [4.69, 9.17) is 4.74 Å². The van der Waals surface area contributed by atoms with Gasteiger partial charge < -0.3 is 15.0 Å². The molecule has 0 unspecified atom stereocenters. The molecule has 1 aromatic carbocycles. The van der Waals surface area contributed by atoms with Crippen LogP contribution >= 0.6 is 0 Å². The molecule has 23 heavy (non-hydrogen) atoms. The summed E-state index contributed by atoms with van der Waals surface area (Å²) in [5, 5.41) is 2.80. The zero-order valence-corrected chi connectivity index (χ0v) is 14.0. The number of hydrogen-bond donors (Lipinski definition) is 1. The highest BCUT2D eigenvalue weighted by molar-refractivity contribution is 5.86. The molecular formula is C17H25FN2O3. The molecule has 0 spiro atoms. The standard InChI is InChI=1S/C17H25FN2O3/c1-4-23-11-5-10-19-17(22)13(2)20(14(3)21)12-15-6-8-16(18)9-7-15/h6-9,13H,4-5,10-12H2,1-3H3,(H,19,22)/t13-/m0/s1. The first kappa shape index (κ1) is 19.1. The predicted octanol–water partition coefficient (Wildman–Crippen LogP) is 2.11. The van der Waals surface area contributed by atoms with E-state index in [0.717, 1.165) is 12.0 Å². The summed E-state index contributed by atoms with van der Waals surface area (Å²) in [5.74, 6) is -0.742. The molecular weight excluding hydrogens is 299 g/mol. The van der Waals surface area contributed by atoms with Crippen molar-refractivity contribution in [2.45, 2.75) is 39.8 Å². The van der Waals surface area contributed by atoms with Crippen LogP contribution in [0.1, 0.15) is 32.8 Å². The molecule has 0 fully saturated rings. The minimum atomic E-state index is -0.593. The van der Waals surface area contributed by atoms with Gasteiger partial charge in [-0.1, -0.05) is 12.1 Å². The third-order valence-corrected chi connectivity index (χ3v) is 3.49. The summed E-state index contributed by atoms with van der Waals surface area (Å²) in [4.78, 5) is 25.5. The van der Waals surface area contributed by atoms with Gasteiger partial charge in [0.15, 0.2) is 0 Å². The molecule has 1 rings (SSSR count). The lowest BCUT2D eigenvalue weighted by Crippen LogP contribution is -2.47. The second-order valence-corrected chi connectivity index (χ2v) is 5.29. The summed E-state index contributed by atoms with van der Waals surface area (Å²) < 4.78 is 18.1. The van der Waals surface area contributed by atoms with E-state index in [1.54, 1.807) is 19.1 Å².